The monoisotopic (exact) mass is 254 g/mol. The number of aromatic amines is 1. The van der Waals surface area contributed by atoms with E-state index in [4.69, 9.17) is 9.47 Å². The number of rotatable bonds is 2. The highest BCUT2D eigenvalue weighted by molar-refractivity contribution is 5.88. The molecule has 18 heavy (non-hydrogen) atoms. The van der Waals surface area contributed by atoms with E-state index in [9.17, 15) is 4.79 Å². The molecule has 7 nitrogen and oxygen atoms in total. The van der Waals surface area contributed by atoms with E-state index in [-0.39, 0.29) is 11.7 Å². The lowest BCUT2D eigenvalue weighted by atomic mass is 10.1. The van der Waals surface area contributed by atoms with Crippen LogP contribution in [0, 0.1) is 0 Å². The number of carbonyl (C=O) groups excluding carboxylic acids is 1. The largest absolute Gasteiger partial charge is 0.455 e. The maximum atomic E-state index is 12.0. The molecular weight excluding hydrogens is 236 g/mol. The molecule has 1 aliphatic heterocycles. The van der Waals surface area contributed by atoms with Crippen LogP contribution >= 0.6 is 0 Å². The Labute approximate surface area is 105 Å². The number of morpholine rings is 1. The number of ether oxygens (including phenoxy) is 2. The molecule has 1 saturated heterocycles. The first-order chi connectivity index (χ1) is 8.47. The summed E-state index contributed by atoms with van der Waals surface area (Å²) in [5.41, 5.74) is 0.209. The Kier molecular flexibility index (Phi) is 3.63. The summed E-state index contributed by atoms with van der Waals surface area (Å²) < 4.78 is 10.6. The van der Waals surface area contributed by atoms with Crippen molar-refractivity contribution >= 4 is 5.97 Å². The van der Waals surface area contributed by atoms with Crippen LogP contribution in [-0.4, -0.2) is 46.7 Å². The van der Waals surface area contributed by atoms with Crippen molar-refractivity contribution < 1.29 is 14.3 Å². The quantitative estimate of drug-likeness (QED) is 0.744. The molecule has 100 valence electrons. The maximum Gasteiger partial charge on any atom is 0.361 e. The molecule has 1 aliphatic rings. The van der Waals surface area contributed by atoms with Crippen molar-refractivity contribution in [2.45, 2.75) is 32.4 Å². The molecule has 1 atom stereocenters. The molecule has 1 aromatic heterocycles. The second-order valence-electron chi connectivity index (χ2n) is 5.14. The fourth-order valence-electron chi connectivity index (χ4n) is 1.70. The van der Waals surface area contributed by atoms with Crippen LogP contribution in [0.1, 0.15) is 43.0 Å². The number of nitrogens with one attached hydrogen (secondary N) is 2. The zero-order valence-corrected chi connectivity index (χ0v) is 10.8. The lowest BCUT2D eigenvalue weighted by Crippen LogP contribution is -2.36. The fraction of sp³-hybridized carbons (Fsp3) is 0.727. The SMILES string of the molecule is CC(C)(C)OC(=O)c1n[nH]nc1C1COCCN1. The van der Waals surface area contributed by atoms with Gasteiger partial charge in [0.1, 0.15) is 11.3 Å². The molecule has 0 radical (unpaired) electrons. The molecule has 1 unspecified atom stereocenters. The van der Waals surface area contributed by atoms with Gasteiger partial charge in [0.25, 0.3) is 0 Å². The van der Waals surface area contributed by atoms with Gasteiger partial charge in [-0.2, -0.15) is 10.3 Å². The van der Waals surface area contributed by atoms with Crippen LogP contribution in [0.15, 0.2) is 0 Å². The molecule has 2 heterocycles. The standard InChI is InChI=1S/C11H18N4O3/c1-11(2,3)18-10(16)9-8(13-15-14-9)7-6-17-5-4-12-7/h7,12H,4-6H2,1-3H3,(H,13,14,15). The van der Waals surface area contributed by atoms with Crippen LogP contribution in [-0.2, 0) is 9.47 Å². The number of hydrogen-bond donors (Lipinski definition) is 2. The van der Waals surface area contributed by atoms with Crippen molar-refractivity contribution in [1.29, 1.82) is 0 Å². The first-order valence-corrected chi connectivity index (χ1v) is 5.92. The zero-order valence-electron chi connectivity index (χ0n) is 10.8. The van der Waals surface area contributed by atoms with E-state index in [2.05, 4.69) is 20.7 Å². The number of carbonyl (C=O) groups is 1. The Morgan fingerprint density at radius 2 is 2.22 bits per heavy atom. The highest BCUT2D eigenvalue weighted by Gasteiger charge is 2.28. The van der Waals surface area contributed by atoms with Crippen LogP contribution in [0.25, 0.3) is 0 Å². The van der Waals surface area contributed by atoms with Crippen molar-refractivity contribution in [3.63, 3.8) is 0 Å². The lowest BCUT2D eigenvalue weighted by molar-refractivity contribution is 0.00582. The number of hydrogen-bond acceptors (Lipinski definition) is 6. The van der Waals surface area contributed by atoms with Crippen LogP contribution in [0.5, 0.6) is 0 Å². The number of H-pyrrole nitrogens is 1. The molecule has 2 rings (SSSR count). The molecule has 0 aromatic carbocycles. The zero-order chi connectivity index (χ0) is 13.2. The molecule has 7 heteroatoms. The summed E-state index contributed by atoms with van der Waals surface area (Å²) in [5, 5.41) is 13.6. The van der Waals surface area contributed by atoms with Gasteiger partial charge in [-0.3, -0.25) is 0 Å². The summed E-state index contributed by atoms with van der Waals surface area (Å²) in [6.07, 6.45) is 0. The Bertz CT molecular complexity index is 418. The molecule has 0 aliphatic carbocycles. The van der Waals surface area contributed by atoms with Gasteiger partial charge in [-0.05, 0) is 20.8 Å². The summed E-state index contributed by atoms with van der Waals surface area (Å²) in [6, 6.07) is -0.125. The predicted molar refractivity (Wildman–Crippen MR) is 63.1 cm³/mol. The van der Waals surface area contributed by atoms with Gasteiger partial charge in [0.15, 0.2) is 5.69 Å². The molecule has 0 spiro atoms. The smallest absolute Gasteiger partial charge is 0.361 e. The Morgan fingerprint density at radius 3 is 2.83 bits per heavy atom. The van der Waals surface area contributed by atoms with Crippen LogP contribution in [0.3, 0.4) is 0 Å². The maximum absolute atomic E-state index is 12.0. The van der Waals surface area contributed by atoms with Gasteiger partial charge in [0.05, 0.1) is 19.3 Å². The summed E-state index contributed by atoms with van der Waals surface area (Å²) in [6.45, 7) is 7.30. The van der Waals surface area contributed by atoms with E-state index in [1.807, 2.05) is 20.8 Å². The fourth-order valence-corrected chi connectivity index (χ4v) is 1.70. The molecule has 1 fully saturated rings. The number of esters is 1. The van der Waals surface area contributed by atoms with Gasteiger partial charge < -0.3 is 14.8 Å². The summed E-state index contributed by atoms with van der Waals surface area (Å²) >= 11 is 0. The molecule has 2 N–H and O–H groups in total. The minimum Gasteiger partial charge on any atom is -0.455 e. The second-order valence-corrected chi connectivity index (χ2v) is 5.14. The Hall–Kier alpha value is -1.47. The third kappa shape index (κ3) is 3.05. The van der Waals surface area contributed by atoms with E-state index >= 15 is 0 Å². The molecule has 0 saturated carbocycles. The second kappa shape index (κ2) is 5.03. The molecular formula is C11H18N4O3. The predicted octanol–water partition coefficient (Wildman–Crippen LogP) is 0.421. The van der Waals surface area contributed by atoms with E-state index in [0.717, 1.165) is 6.54 Å². The Morgan fingerprint density at radius 1 is 1.44 bits per heavy atom. The summed E-state index contributed by atoms with van der Waals surface area (Å²) in [4.78, 5) is 12.0. The summed E-state index contributed by atoms with van der Waals surface area (Å²) in [5.74, 6) is -0.473. The van der Waals surface area contributed by atoms with Crippen LogP contribution in [0.4, 0.5) is 0 Å². The highest BCUT2D eigenvalue weighted by atomic mass is 16.6. The average Bonchev–Trinajstić information content (AvgIpc) is 2.76. The van der Waals surface area contributed by atoms with E-state index in [1.165, 1.54) is 0 Å². The first kappa shape index (κ1) is 13.0. The summed E-state index contributed by atoms with van der Waals surface area (Å²) in [7, 11) is 0. The molecule has 0 bridgehead atoms. The van der Waals surface area contributed by atoms with Crippen molar-refractivity contribution in [2.24, 2.45) is 0 Å². The van der Waals surface area contributed by atoms with Crippen LogP contribution < -0.4 is 5.32 Å². The third-order valence-corrected chi connectivity index (χ3v) is 2.42. The van der Waals surface area contributed by atoms with Gasteiger partial charge >= 0.3 is 5.97 Å². The van der Waals surface area contributed by atoms with Crippen molar-refractivity contribution in [2.75, 3.05) is 19.8 Å². The van der Waals surface area contributed by atoms with Gasteiger partial charge in [-0.25, -0.2) is 4.79 Å². The highest BCUT2D eigenvalue weighted by Crippen LogP contribution is 2.18. The minimum atomic E-state index is -0.552. The van der Waals surface area contributed by atoms with Crippen molar-refractivity contribution in [3.8, 4) is 0 Å². The Balaban J connectivity index is 2.14. The average molecular weight is 254 g/mol. The first-order valence-electron chi connectivity index (χ1n) is 5.92. The van der Waals surface area contributed by atoms with Crippen LogP contribution in [0.2, 0.25) is 0 Å². The lowest BCUT2D eigenvalue weighted by Gasteiger charge is -2.23. The van der Waals surface area contributed by atoms with Gasteiger partial charge in [0.2, 0.25) is 0 Å². The van der Waals surface area contributed by atoms with Gasteiger partial charge in [-0.15, -0.1) is 5.10 Å². The van der Waals surface area contributed by atoms with Gasteiger partial charge in [-0.1, -0.05) is 0 Å². The van der Waals surface area contributed by atoms with E-state index < -0.39 is 11.6 Å². The van der Waals surface area contributed by atoms with Gasteiger partial charge in [0, 0.05) is 6.54 Å². The van der Waals surface area contributed by atoms with Crippen molar-refractivity contribution in [1.82, 2.24) is 20.7 Å². The normalized spacial score (nSPS) is 20.7. The topological polar surface area (TPSA) is 89.1 Å². The van der Waals surface area contributed by atoms with Crippen molar-refractivity contribution in [3.05, 3.63) is 11.4 Å². The third-order valence-electron chi connectivity index (χ3n) is 2.42. The van der Waals surface area contributed by atoms with E-state index in [0.29, 0.717) is 18.9 Å². The molecule has 1 aromatic rings. The minimum absolute atomic E-state index is 0.125. The number of nitrogens with zero attached hydrogens (tertiary/aromatic N) is 2. The number of aromatic nitrogens is 3. The van der Waals surface area contributed by atoms with E-state index in [1.54, 1.807) is 0 Å². The molecule has 0 amide bonds.